The molecule has 13 rings (SSSR count). The highest BCUT2D eigenvalue weighted by Gasteiger charge is 2.46. The van der Waals surface area contributed by atoms with Crippen LogP contribution in [0.1, 0.15) is 22.3 Å². The second-order valence-corrected chi connectivity index (χ2v) is 17.4. The zero-order valence-electron chi connectivity index (χ0n) is 37.1. The molecule has 68 heavy (non-hydrogen) atoms. The van der Waals surface area contributed by atoms with Crippen molar-refractivity contribution < 1.29 is 0 Å². The van der Waals surface area contributed by atoms with Crippen LogP contribution in [0.2, 0.25) is 0 Å². The minimum absolute atomic E-state index is 0.546. The number of aromatic nitrogens is 4. The summed E-state index contributed by atoms with van der Waals surface area (Å²) in [7, 11) is 0. The lowest BCUT2D eigenvalue weighted by atomic mass is 9.67. The van der Waals surface area contributed by atoms with Crippen LogP contribution in [0.25, 0.3) is 67.1 Å². The van der Waals surface area contributed by atoms with E-state index in [-0.39, 0.29) is 0 Å². The van der Waals surface area contributed by atoms with Crippen molar-refractivity contribution in [1.29, 1.82) is 0 Å². The molecule has 0 aliphatic heterocycles. The summed E-state index contributed by atoms with van der Waals surface area (Å²) in [4.78, 5) is 2.31. The van der Waals surface area contributed by atoms with Gasteiger partial charge in [0.2, 0.25) is 0 Å². The van der Waals surface area contributed by atoms with E-state index in [2.05, 4.69) is 269 Å². The highest BCUT2D eigenvalue weighted by atomic mass is 15.3. The topological polar surface area (TPSA) is 38.9 Å². The van der Waals surface area contributed by atoms with Crippen LogP contribution >= 0.6 is 0 Å². The van der Waals surface area contributed by atoms with Gasteiger partial charge in [0.25, 0.3) is 0 Å². The fourth-order valence-electron chi connectivity index (χ4n) is 10.8. The Balaban J connectivity index is 0.939. The third kappa shape index (κ3) is 6.17. The third-order valence-electron chi connectivity index (χ3n) is 13.7. The number of hydrogen-bond donors (Lipinski definition) is 0. The molecule has 2 aromatic heterocycles. The van der Waals surface area contributed by atoms with Crippen molar-refractivity contribution in [1.82, 2.24) is 19.3 Å². The second kappa shape index (κ2) is 16.1. The fourth-order valence-corrected chi connectivity index (χ4v) is 10.8. The average molecular weight is 870 g/mol. The Kier molecular flexibility index (Phi) is 9.32. The van der Waals surface area contributed by atoms with Gasteiger partial charge in [0.05, 0.1) is 16.4 Å². The molecule has 5 heteroatoms. The van der Waals surface area contributed by atoms with Gasteiger partial charge in [0.1, 0.15) is 0 Å². The molecule has 0 N–H and O–H groups in total. The molecular weight excluding hydrogens is 827 g/mol. The van der Waals surface area contributed by atoms with Gasteiger partial charge in [-0.25, -0.2) is 0 Å². The zero-order chi connectivity index (χ0) is 45.0. The van der Waals surface area contributed by atoms with Crippen LogP contribution in [-0.2, 0) is 5.41 Å². The van der Waals surface area contributed by atoms with Crippen molar-refractivity contribution in [2.24, 2.45) is 0 Å². The van der Waals surface area contributed by atoms with E-state index in [4.69, 9.17) is 10.2 Å². The summed E-state index contributed by atoms with van der Waals surface area (Å²) in [5, 5.41) is 12.4. The number of para-hydroxylation sites is 3. The maximum atomic E-state index is 4.99. The Hall–Kier alpha value is -9.06. The van der Waals surface area contributed by atoms with E-state index < -0.39 is 5.41 Å². The zero-order valence-corrected chi connectivity index (χ0v) is 37.1. The summed E-state index contributed by atoms with van der Waals surface area (Å²) in [6.07, 6.45) is 0. The van der Waals surface area contributed by atoms with Crippen LogP contribution in [0.3, 0.4) is 0 Å². The summed E-state index contributed by atoms with van der Waals surface area (Å²) in [5.41, 5.74) is 16.5. The van der Waals surface area contributed by atoms with Crippen LogP contribution in [0.5, 0.6) is 0 Å². The lowest BCUT2D eigenvalue weighted by Crippen LogP contribution is -2.28. The van der Waals surface area contributed by atoms with Crippen LogP contribution in [-0.4, -0.2) is 19.3 Å². The number of nitrogens with zero attached hydrogens (tertiary/aromatic N) is 5. The Bertz CT molecular complexity index is 3670. The lowest BCUT2D eigenvalue weighted by molar-refractivity contribution is 0.767. The van der Waals surface area contributed by atoms with Crippen LogP contribution in [0.4, 0.5) is 17.1 Å². The molecule has 0 spiro atoms. The predicted octanol–water partition coefficient (Wildman–Crippen LogP) is 15.5. The van der Waals surface area contributed by atoms with Crippen molar-refractivity contribution in [3.8, 4) is 45.3 Å². The first-order valence-electron chi connectivity index (χ1n) is 23.2. The summed E-state index contributed by atoms with van der Waals surface area (Å²) in [6, 6.07) is 93.6. The van der Waals surface area contributed by atoms with Gasteiger partial charge in [0.15, 0.2) is 11.6 Å². The molecule has 2 heterocycles. The van der Waals surface area contributed by atoms with Gasteiger partial charge in [-0.1, -0.05) is 176 Å². The van der Waals surface area contributed by atoms with E-state index in [0.29, 0.717) is 0 Å². The SMILES string of the molecule is c1ccc(-c2nnc(-c3ccc(N(c4ccccc4)c4ccc(-n5c6ccccc6c6ccccc65)cc4)cc3)n2-c2ccc3c(c2)C(c2ccccc2)(c2ccccc2)c2ccccc2-3)cc1. The molecule has 0 saturated carbocycles. The first-order chi connectivity index (χ1) is 33.8. The van der Waals surface area contributed by atoms with Crippen LogP contribution in [0.15, 0.2) is 261 Å². The summed E-state index contributed by atoms with van der Waals surface area (Å²) < 4.78 is 4.59. The monoisotopic (exact) mass is 869 g/mol. The highest BCUT2D eigenvalue weighted by Crippen LogP contribution is 2.56. The van der Waals surface area contributed by atoms with E-state index in [1.165, 1.54) is 55.2 Å². The number of benzene rings is 10. The van der Waals surface area contributed by atoms with Crippen LogP contribution in [0, 0.1) is 0 Å². The molecular formula is C63H43N5. The smallest absolute Gasteiger partial charge is 0.168 e. The molecule has 0 unspecified atom stereocenters. The van der Waals surface area contributed by atoms with Gasteiger partial charge in [-0.05, 0) is 118 Å². The Morgan fingerprint density at radius 1 is 0.324 bits per heavy atom. The third-order valence-corrected chi connectivity index (χ3v) is 13.7. The Morgan fingerprint density at radius 2 is 0.765 bits per heavy atom. The van der Waals surface area contributed by atoms with E-state index in [1.807, 2.05) is 6.07 Å². The summed E-state index contributed by atoms with van der Waals surface area (Å²) in [5.74, 6) is 1.54. The summed E-state index contributed by atoms with van der Waals surface area (Å²) >= 11 is 0. The highest BCUT2D eigenvalue weighted by molar-refractivity contribution is 6.09. The van der Waals surface area contributed by atoms with E-state index >= 15 is 0 Å². The molecule has 10 aromatic carbocycles. The van der Waals surface area contributed by atoms with Gasteiger partial charge in [-0.3, -0.25) is 4.57 Å². The minimum atomic E-state index is -0.546. The van der Waals surface area contributed by atoms with E-state index in [0.717, 1.165) is 51.2 Å². The lowest BCUT2D eigenvalue weighted by Gasteiger charge is -2.34. The van der Waals surface area contributed by atoms with Crippen molar-refractivity contribution in [2.45, 2.75) is 5.41 Å². The van der Waals surface area contributed by atoms with Gasteiger partial charge < -0.3 is 9.47 Å². The first-order valence-corrected chi connectivity index (χ1v) is 23.2. The molecule has 1 aliphatic carbocycles. The van der Waals surface area contributed by atoms with Crippen molar-refractivity contribution in [2.75, 3.05) is 4.90 Å². The fraction of sp³-hybridized carbons (Fsp3) is 0.0159. The number of hydrogen-bond acceptors (Lipinski definition) is 3. The predicted molar refractivity (Wildman–Crippen MR) is 279 cm³/mol. The molecule has 0 saturated heterocycles. The maximum Gasteiger partial charge on any atom is 0.168 e. The normalized spacial score (nSPS) is 12.5. The Labute approximate surface area is 395 Å². The summed E-state index contributed by atoms with van der Waals surface area (Å²) in [6.45, 7) is 0. The number of fused-ring (bicyclic) bond motifs is 6. The van der Waals surface area contributed by atoms with Crippen LogP contribution < -0.4 is 4.90 Å². The standard InChI is InChI=1S/C63H43N5/c1-5-19-44(20-6-1)61-64-65-62(68(61)52-41-42-54-53-27-13-16-30-57(53)63(58(54)43-52,46-21-7-2-8-22-46)47-23-9-3-10-24-47)45-33-35-49(36-34-45)66(48-25-11-4-12-26-48)50-37-39-51(40-38-50)67-59-31-17-14-28-55(59)56-29-15-18-32-60(56)67/h1-43H. The largest absolute Gasteiger partial charge is 0.311 e. The quantitative estimate of drug-likeness (QED) is 0.145. The second-order valence-electron chi connectivity index (χ2n) is 17.4. The first kappa shape index (κ1) is 39.3. The van der Waals surface area contributed by atoms with Gasteiger partial charge in [0, 0.05) is 50.3 Å². The van der Waals surface area contributed by atoms with E-state index in [9.17, 15) is 0 Å². The van der Waals surface area contributed by atoms with Crippen molar-refractivity contribution in [3.63, 3.8) is 0 Å². The maximum absolute atomic E-state index is 4.99. The molecule has 320 valence electrons. The minimum Gasteiger partial charge on any atom is -0.311 e. The molecule has 1 aliphatic rings. The van der Waals surface area contributed by atoms with Crippen molar-refractivity contribution >= 4 is 38.9 Å². The van der Waals surface area contributed by atoms with E-state index in [1.54, 1.807) is 0 Å². The average Bonchev–Trinajstić information content (AvgIpc) is 4.10. The molecule has 0 fully saturated rings. The van der Waals surface area contributed by atoms with Crippen molar-refractivity contribution in [3.05, 3.63) is 283 Å². The van der Waals surface area contributed by atoms with Gasteiger partial charge >= 0.3 is 0 Å². The molecule has 0 amide bonds. The van der Waals surface area contributed by atoms with Gasteiger partial charge in [-0.15, -0.1) is 10.2 Å². The molecule has 0 bridgehead atoms. The molecule has 0 radical (unpaired) electrons. The van der Waals surface area contributed by atoms with Gasteiger partial charge in [-0.2, -0.15) is 0 Å². The number of rotatable bonds is 9. The molecule has 5 nitrogen and oxygen atoms in total. The molecule has 12 aromatic rings. The molecule has 0 atom stereocenters. The Morgan fingerprint density at radius 3 is 1.37 bits per heavy atom. The number of anilines is 3.